The van der Waals surface area contributed by atoms with Crippen LogP contribution >= 0.6 is 0 Å². The van der Waals surface area contributed by atoms with E-state index in [1.807, 2.05) is 0 Å². The number of benzene rings is 1. The molecule has 1 aromatic rings. The van der Waals surface area contributed by atoms with Crippen molar-refractivity contribution in [2.45, 2.75) is 26.2 Å². The average Bonchev–Trinajstić information content (AvgIpc) is 2.30. The molecule has 0 bridgehead atoms. The second-order valence-corrected chi connectivity index (χ2v) is 4.07. The van der Waals surface area contributed by atoms with E-state index >= 15 is 0 Å². The summed E-state index contributed by atoms with van der Waals surface area (Å²) in [6, 6.07) is 4.58. The van der Waals surface area contributed by atoms with Crippen molar-refractivity contribution < 1.29 is 13.9 Å². The van der Waals surface area contributed by atoms with Gasteiger partial charge in [0, 0.05) is 19.2 Å². The highest BCUT2D eigenvalue weighted by molar-refractivity contribution is 5.65. The SMILES string of the molecule is CC(=O)OCCCCCNc1ccc(N)cc1F. The molecule has 0 fully saturated rings. The Hall–Kier alpha value is -1.78. The van der Waals surface area contributed by atoms with E-state index in [-0.39, 0.29) is 11.8 Å². The minimum atomic E-state index is -0.338. The van der Waals surface area contributed by atoms with Crippen LogP contribution in [0.4, 0.5) is 15.8 Å². The molecule has 100 valence electrons. The highest BCUT2D eigenvalue weighted by atomic mass is 19.1. The number of rotatable bonds is 7. The topological polar surface area (TPSA) is 64.3 Å². The van der Waals surface area contributed by atoms with E-state index in [1.54, 1.807) is 12.1 Å². The molecular formula is C13H19FN2O2. The molecule has 0 aliphatic carbocycles. The summed E-state index contributed by atoms with van der Waals surface area (Å²) < 4.78 is 18.2. The number of hydrogen-bond donors (Lipinski definition) is 2. The van der Waals surface area contributed by atoms with Gasteiger partial charge >= 0.3 is 5.97 Å². The third-order valence-corrected chi connectivity index (χ3v) is 2.44. The monoisotopic (exact) mass is 254 g/mol. The number of nitrogens with two attached hydrogens (primary N) is 1. The van der Waals surface area contributed by atoms with E-state index in [1.165, 1.54) is 13.0 Å². The number of ether oxygens (including phenoxy) is 1. The third-order valence-electron chi connectivity index (χ3n) is 2.44. The lowest BCUT2D eigenvalue weighted by molar-refractivity contribution is -0.141. The van der Waals surface area contributed by atoms with Crippen molar-refractivity contribution in [3.8, 4) is 0 Å². The summed E-state index contributed by atoms with van der Waals surface area (Å²) in [7, 11) is 0. The molecule has 4 nitrogen and oxygen atoms in total. The molecule has 0 saturated carbocycles. The molecule has 5 heteroatoms. The number of unbranched alkanes of at least 4 members (excludes halogenated alkanes) is 2. The molecule has 0 unspecified atom stereocenters. The lowest BCUT2D eigenvalue weighted by Gasteiger charge is -2.08. The number of nitrogens with one attached hydrogen (secondary N) is 1. The fraction of sp³-hybridized carbons (Fsp3) is 0.462. The molecule has 18 heavy (non-hydrogen) atoms. The summed E-state index contributed by atoms with van der Waals surface area (Å²) in [5, 5.41) is 3.00. The van der Waals surface area contributed by atoms with E-state index in [2.05, 4.69) is 5.32 Å². The molecule has 0 aliphatic rings. The Labute approximate surface area is 106 Å². The van der Waals surface area contributed by atoms with Crippen LogP contribution in [-0.4, -0.2) is 19.1 Å². The molecule has 0 atom stereocenters. The van der Waals surface area contributed by atoms with Crippen LogP contribution in [0.15, 0.2) is 18.2 Å². The zero-order chi connectivity index (χ0) is 13.4. The van der Waals surface area contributed by atoms with E-state index in [0.29, 0.717) is 24.5 Å². The minimum Gasteiger partial charge on any atom is -0.466 e. The highest BCUT2D eigenvalue weighted by Gasteiger charge is 2.01. The Morgan fingerprint density at radius 2 is 2.17 bits per heavy atom. The molecular weight excluding hydrogens is 235 g/mol. The number of hydrogen-bond acceptors (Lipinski definition) is 4. The quantitative estimate of drug-likeness (QED) is 0.446. The van der Waals surface area contributed by atoms with Gasteiger partial charge in [-0.05, 0) is 37.5 Å². The van der Waals surface area contributed by atoms with Gasteiger partial charge in [0.15, 0.2) is 0 Å². The molecule has 0 spiro atoms. The van der Waals surface area contributed by atoms with Crippen molar-refractivity contribution >= 4 is 17.3 Å². The third kappa shape index (κ3) is 5.52. The van der Waals surface area contributed by atoms with E-state index < -0.39 is 0 Å². The smallest absolute Gasteiger partial charge is 0.302 e. The van der Waals surface area contributed by atoms with Crippen molar-refractivity contribution in [3.05, 3.63) is 24.0 Å². The summed E-state index contributed by atoms with van der Waals surface area (Å²) in [4.78, 5) is 10.5. The summed E-state index contributed by atoms with van der Waals surface area (Å²) in [6.07, 6.45) is 2.65. The van der Waals surface area contributed by atoms with Crippen LogP contribution in [0.5, 0.6) is 0 Å². The van der Waals surface area contributed by atoms with Crippen LogP contribution in [0.2, 0.25) is 0 Å². The molecule has 1 rings (SSSR count). The first-order chi connectivity index (χ1) is 8.59. The van der Waals surface area contributed by atoms with Crippen molar-refractivity contribution in [1.82, 2.24) is 0 Å². The van der Waals surface area contributed by atoms with Gasteiger partial charge in [0.25, 0.3) is 0 Å². The van der Waals surface area contributed by atoms with Crippen LogP contribution in [0, 0.1) is 5.82 Å². The Morgan fingerprint density at radius 1 is 1.39 bits per heavy atom. The second kappa shape index (κ2) is 7.53. The van der Waals surface area contributed by atoms with Crippen LogP contribution in [0.1, 0.15) is 26.2 Å². The summed E-state index contributed by atoms with van der Waals surface area (Å²) in [5.41, 5.74) is 6.33. The number of anilines is 2. The van der Waals surface area contributed by atoms with E-state index in [9.17, 15) is 9.18 Å². The Bertz CT molecular complexity index is 397. The maximum absolute atomic E-state index is 13.4. The van der Waals surface area contributed by atoms with Crippen molar-refractivity contribution in [2.75, 3.05) is 24.2 Å². The van der Waals surface area contributed by atoms with Gasteiger partial charge in [-0.25, -0.2) is 4.39 Å². The number of nitrogen functional groups attached to an aromatic ring is 1. The number of carbonyl (C=O) groups is 1. The molecule has 0 heterocycles. The normalized spacial score (nSPS) is 10.1. The van der Waals surface area contributed by atoms with Crippen LogP contribution < -0.4 is 11.1 Å². The first-order valence-electron chi connectivity index (χ1n) is 6.02. The van der Waals surface area contributed by atoms with Gasteiger partial charge in [0.1, 0.15) is 5.82 Å². The van der Waals surface area contributed by atoms with Gasteiger partial charge in [-0.15, -0.1) is 0 Å². The van der Waals surface area contributed by atoms with Gasteiger partial charge < -0.3 is 15.8 Å². The highest BCUT2D eigenvalue weighted by Crippen LogP contribution is 2.16. The number of esters is 1. The standard InChI is InChI=1S/C13H19FN2O2/c1-10(17)18-8-4-2-3-7-16-13-6-5-11(15)9-12(13)14/h5-6,9,16H,2-4,7-8,15H2,1H3. The Kier molecular flexibility index (Phi) is 5.97. The first-order valence-corrected chi connectivity index (χ1v) is 6.02. The fourth-order valence-electron chi connectivity index (χ4n) is 1.52. The maximum atomic E-state index is 13.4. The zero-order valence-electron chi connectivity index (χ0n) is 10.5. The first kappa shape index (κ1) is 14.3. The largest absolute Gasteiger partial charge is 0.466 e. The van der Waals surface area contributed by atoms with Crippen LogP contribution in [-0.2, 0) is 9.53 Å². The predicted molar refractivity (Wildman–Crippen MR) is 69.8 cm³/mol. The van der Waals surface area contributed by atoms with E-state index in [4.69, 9.17) is 10.5 Å². The molecule has 3 N–H and O–H groups in total. The lowest BCUT2D eigenvalue weighted by Crippen LogP contribution is -2.05. The molecule has 0 aromatic heterocycles. The van der Waals surface area contributed by atoms with E-state index in [0.717, 1.165) is 19.3 Å². The molecule has 0 aliphatic heterocycles. The van der Waals surface area contributed by atoms with Gasteiger partial charge in [-0.3, -0.25) is 4.79 Å². The Morgan fingerprint density at radius 3 is 2.83 bits per heavy atom. The number of halogens is 1. The van der Waals surface area contributed by atoms with Crippen molar-refractivity contribution in [1.29, 1.82) is 0 Å². The molecule has 0 amide bonds. The fourth-order valence-corrected chi connectivity index (χ4v) is 1.52. The molecule has 1 aromatic carbocycles. The molecule has 0 radical (unpaired) electrons. The summed E-state index contributed by atoms with van der Waals surface area (Å²) in [6.45, 7) is 2.53. The van der Waals surface area contributed by atoms with Crippen LogP contribution in [0.3, 0.4) is 0 Å². The Balaban J connectivity index is 2.12. The van der Waals surface area contributed by atoms with Crippen LogP contribution in [0.25, 0.3) is 0 Å². The minimum absolute atomic E-state index is 0.253. The summed E-state index contributed by atoms with van der Waals surface area (Å²) in [5.74, 6) is -0.591. The van der Waals surface area contributed by atoms with Gasteiger partial charge in [-0.1, -0.05) is 0 Å². The maximum Gasteiger partial charge on any atom is 0.302 e. The second-order valence-electron chi connectivity index (χ2n) is 4.07. The van der Waals surface area contributed by atoms with Gasteiger partial charge in [0.05, 0.1) is 12.3 Å². The predicted octanol–water partition coefficient (Wildman–Crippen LogP) is 2.55. The van der Waals surface area contributed by atoms with Gasteiger partial charge in [-0.2, -0.15) is 0 Å². The van der Waals surface area contributed by atoms with Gasteiger partial charge in [0.2, 0.25) is 0 Å². The summed E-state index contributed by atoms with van der Waals surface area (Å²) >= 11 is 0. The molecule has 0 saturated heterocycles. The average molecular weight is 254 g/mol. The lowest BCUT2D eigenvalue weighted by atomic mass is 10.2. The van der Waals surface area contributed by atoms with Crippen molar-refractivity contribution in [2.24, 2.45) is 0 Å². The number of carbonyl (C=O) groups excluding carboxylic acids is 1. The van der Waals surface area contributed by atoms with Crippen molar-refractivity contribution in [3.63, 3.8) is 0 Å². The zero-order valence-corrected chi connectivity index (χ0v) is 10.5.